The molecule has 2 amide bonds. The van der Waals surface area contributed by atoms with Crippen LogP contribution >= 0.6 is 11.6 Å². The highest BCUT2D eigenvalue weighted by Crippen LogP contribution is 2.27. The van der Waals surface area contributed by atoms with Crippen molar-refractivity contribution in [3.8, 4) is 0 Å². The van der Waals surface area contributed by atoms with Crippen LogP contribution < -0.4 is 9.62 Å². The van der Waals surface area contributed by atoms with Gasteiger partial charge < -0.3 is 10.2 Å². The summed E-state index contributed by atoms with van der Waals surface area (Å²) in [5.41, 5.74) is 1.85. The number of carbonyl (C=O) groups is 2. The van der Waals surface area contributed by atoms with E-state index in [1.807, 2.05) is 44.2 Å². The van der Waals surface area contributed by atoms with E-state index in [2.05, 4.69) is 5.32 Å². The molecule has 0 unspecified atom stereocenters. The zero-order valence-corrected chi connectivity index (χ0v) is 21.8. The van der Waals surface area contributed by atoms with Crippen LogP contribution in [0.2, 0.25) is 5.02 Å². The third-order valence-corrected chi connectivity index (χ3v) is 6.89. The Labute approximate surface area is 208 Å². The third kappa shape index (κ3) is 7.74. The van der Waals surface area contributed by atoms with Crippen molar-refractivity contribution < 1.29 is 18.0 Å². The lowest BCUT2D eigenvalue weighted by Crippen LogP contribution is -2.52. The first kappa shape index (κ1) is 27.7. The Bertz CT molecular complexity index is 1080. The normalized spacial score (nSPS) is 12.1. The van der Waals surface area contributed by atoms with E-state index in [1.165, 1.54) is 11.0 Å². The summed E-state index contributed by atoms with van der Waals surface area (Å²) in [6, 6.07) is 13.5. The van der Waals surface area contributed by atoms with Crippen molar-refractivity contribution >= 4 is 39.1 Å². The highest BCUT2D eigenvalue weighted by Gasteiger charge is 2.32. The number of rotatable bonds is 12. The van der Waals surface area contributed by atoms with Crippen LogP contribution in [-0.4, -0.2) is 50.5 Å². The van der Waals surface area contributed by atoms with Crippen LogP contribution in [0, 0.1) is 6.92 Å². The Morgan fingerprint density at radius 2 is 1.76 bits per heavy atom. The van der Waals surface area contributed by atoms with Gasteiger partial charge in [0.2, 0.25) is 21.8 Å². The van der Waals surface area contributed by atoms with Crippen molar-refractivity contribution in [2.45, 2.75) is 52.6 Å². The zero-order chi connectivity index (χ0) is 25.3. The fourth-order valence-electron chi connectivity index (χ4n) is 3.65. The number of unbranched alkanes of at least 4 members (excludes halogenated alkanes) is 1. The van der Waals surface area contributed by atoms with Crippen LogP contribution in [0.1, 0.15) is 44.2 Å². The Balaban J connectivity index is 2.41. The minimum atomic E-state index is -3.80. The van der Waals surface area contributed by atoms with Crippen molar-refractivity contribution in [1.82, 2.24) is 10.2 Å². The second kappa shape index (κ2) is 12.8. The molecule has 9 heteroatoms. The smallest absolute Gasteiger partial charge is 0.244 e. The van der Waals surface area contributed by atoms with Gasteiger partial charge in [-0.3, -0.25) is 13.9 Å². The predicted octanol–water partition coefficient (Wildman–Crippen LogP) is 4.14. The van der Waals surface area contributed by atoms with Crippen LogP contribution in [0.4, 0.5) is 5.69 Å². The second-order valence-corrected chi connectivity index (χ2v) is 10.6. The molecule has 186 valence electrons. The lowest BCUT2D eigenvalue weighted by atomic mass is 10.1. The predicted molar refractivity (Wildman–Crippen MR) is 137 cm³/mol. The van der Waals surface area contributed by atoms with Crippen LogP contribution in [0.3, 0.4) is 0 Å². The molecule has 2 aromatic carbocycles. The number of carbonyl (C=O) groups excluding carboxylic acids is 2. The van der Waals surface area contributed by atoms with Crippen molar-refractivity contribution in [2.24, 2.45) is 0 Å². The molecular weight excluding hydrogens is 474 g/mol. The maximum absolute atomic E-state index is 13.6. The number of nitrogens with zero attached hydrogens (tertiary/aromatic N) is 2. The average molecular weight is 508 g/mol. The molecular formula is C25H34ClN3O4S. The van der Waals surface area contributed by atoms with Gasteiger partial charge in [0.25, 0.3) is 0 Å². The van der Waals surface area contributed by atoms with Crippen LogP contribution in [0.5, 0.6) is 0 Å². The van der Waals surface area contributed by atoms with Crippen molar-refractivity contribution in [3.63, 3.8) is 0 Å². The van der Waals surface area contributed by atoms with E-state index < -0.39 is 28.5 Å². The quantitative estimate of drug-likeness (QED) is 0.437. The number of hydrogen-bond donors (Lipinski definition) is 1. The molecule has 0 spiro atoms. The summed E-state index contributed by atoms with van der Waals surface area (Å²) in [5.74, 6) is -0.712. The molecule has 0 aliphatic heterocycles. The fourth-order valence-corrected chi connectivity index (χ4v) is 4.72. The molecule has 1 N–H and O–H groups in total. The Kier molecular flexibility index (Phi) is 10.4. The number of nitrogens with one attached hydrogen (secondary N) is 1. The van der Waals surface area contributed by atoms with E-state index in [1.54, 1.807) is 19.1 Å². The molecule has 2 aromatic rings. The van der Waals surface area contributed by atoms with Gasteiger partial charge in [-0.25, -0.2) is 8.42 Å². The van der Waals surface area contributed by atoms with Gasteiger partial charge in [-0.2, -0.15) is 0 Å². The first-order valence-electron chi connectivity index (χ1n) is 11.4. The third-order valence-electron chi connectivity index (χ3n) is 5.53. The molecule has 0 saturated carbocycles. The van der Waals surface area contributed by atoms with Gasteiger partial charge in [-0.1, -0.05) is 68.3 Å². The Hall–Kier alpha value is -2.58. The lowest BCUT2D eigenvalue weighted by molar-refractivity contribution is -0.140. The number of anilines is 1. The summed E-state index contributed by atoms with van der Waals surface area (Å²) in [5, 5.41) is 3.27. The summed E-state index contributed by atoms with van der Waals surface area (Å²) in [6.07, 6.45) is 3.22. The molecule has 0 heterocycles. The van der Waals surface area contributed by atoms with Gasteiger partial charge in [0.05, 0.1) is 11.9 Å². The highest BCUT2D eigenvalue weighted by molar-refractivity contribution is 7.92. The number of benzene rings is 2. The average Bonchev–Trinajstić information content (AvgIpc) is 2.79. The summed E-state index contributed by atoms with van der Waals surface area (Å²) in [6.45, 7) is 5.90. The van der Waals surface area contributed by atoms with Crippen molar-refractivity contribution in [1.29, 1.82) is 0 Å². The molecule has 0 aromatic heterocycles. The molecule has 0 bridgehead atoms. The molecule has 0 fully saturated rings. The molecule has 0 saturated heterocycles. The number of aryl methyl sites for hydroxylation is 1. The first-order valence-corrected chi connectivity index (χ1v) is 13.7. The van der Waals surface area contributed by atoms with Crippen LogP contribution in [0.15, 0.2) is 48.5 Å². The maximum Gasteiger partial charge on any atom is 0.244 e. The van der Waals surface area contributed by atoms with E-state index >= 15 is 0 Å². The summed E-state index contributed by atoms with van der Waals surface area (Å²) in [4.78, 5) is 28.1. The van der Waals surface area contributed by atoms with E-state index in [9.17, 15) is 18.0 Å². The van der Waals surface area contributed by atoms with E-state index in [-0.39, 0.29) is 12.5 Å². The molecule has 7 nitrogen and oxygen atoms in total. The Morgan fingerprint density at radius 3 is 2.35 bits per heavy atom. The van der Waals surface area contributed by atoms with E-state index in [0.29, 0.717) is 29.2 Å². The maximum atomic E-state index is 13.6. The molecule has 0 aliphatic carbocycles. The minimum Gasteiger partial charge on any atom is -0.354 e. The van der Waals surface area contributed by atoms with Gasteiger partial charge >= 0.3 is 0 Å². The van der Waals surface area contributed by atoms with Crippen molar-refractivity contribution in [3.05, 3.63) is 64.7 Å². The molecule has 0 radical (unpaired) electrons. The molecule has 1 atom stereocenters. The monoisotopic (exact) mass is 507 g/mol. The van der Waals surface area contributed by atoms with Gasteiger partial charge in [0.15, 0.2) is 0 Å². The summed E-state index contributed by atoms with van der Waals surface area (Å²) >= 11 is 6.12. The topological polar surface area (TPSA) is 86.8 Å². The number of amides is 2. The van der Waals surface area contributed by atoms with Gasteiger partial charge in [-0.15, -0.1) is 0 Å². The summed E-state index contributed by atoms with van der Waals surface area (Å²) in [7, 11) is -3.80. The second-order valence-electron chi connectivity index (χ2n) is 8.28. The van der Waals surface area contributed by atoms with Crippen LogP contribution in [0.25, 0.3) is 0 Å². The number of sulfonamides is 1. The fraction of sp³-hybridized carbons (Fsp3) is 0.440. The SMILES string of the molecule is CCCCNC(=O)[C@@H](CC)N(Cc1ccccc1)C(=O)CN(c1cc(Cl)ccc1C)S(C)(=O)=O. The summed E-state index contributed by atoms with van der Waals surface area (Å²) < 4.78 is 26.4. The van der Waals surface area contributed by atoms with Gasteiger partial charge in [0.1, 0.15) is 12.6 Å². The lowest BCUT2D eigenvalue weighted by Gasteiger charge is -2.33. The zero-order valence-electron chi connectivity index (χ0n) is 20.3. The standard InChI is InChI=1S/C25H34ClN3O4S/c1-5-7-15-27-25(31)22(6-2)28(17-20-11-9-8-10-12-20)24(30)18-29(34(4,32)33)23-16-21(26)14-13-19(23)3/h8-14,16,22H,5-7,15,17-18H2,1-4H3,(H,27,31)/t22-/m1/s1. The molecule has 0 aliphatic rings. The molecule has 2 rings (SSSR count). The number of hydrogen-bond acceptors (Lipinski definition) is 4. The van der Waals surface area contributed by atoms with E-state index in [0.717, 1.165) is 29.0 Å². The first-order chi connectivity index (χ1) is 16.1. The minimum absolute atomic E-state index is 0.186. The number of halogens is 1. The Morgan fingerprint density at radius 1 is 1.09 bits per heavy atom. The van der Waals surface area contributed by atoms with Gasteiger partial charge in [0, 0.05) is 18.1 Å². The van der Waals surface area contributed by atoms with Crippen molar-refractivity contribution in [2.75, 3.05) is 23.7 Å². The highest BCUT2D eigenvalue weighted by atomic mass is 35.5. The molecule has 34 heavy (non-hydrogen) atoms. The van der Waals surface area contributed by atoms with Crippen LogP contribution in [-0.2, 0) is 26.2 Å². The largest absolute Gasteiger partial charge is 0.354 e. The van der Waals surface area contributed by atoms with E-state index in [4.69, 9.17) is 11.6 Å². The van der Waals surface area contributed by atoms with Gasteiger partial charge in [-0.05, 0) is 43.0 Å².